The molecule has 2 aromatic carbocycles. The highest BCUT2D eigenvalue weighted by Crippen LogP contribution is 2.38. The molecule has 0 saturated carbocycles. The molecule has 1 aliphatic rings. The Morgan fingerprint density at radius 2 is 1.57 bits per heavy atom. The van der Waals surface area contributed by atoms with Gasteiger partial charge in [0.05, 0.1) is 5.69 Å². The van der Waals surface area contributed by atoms with E-state index in [0.717, 1.165) is 48.3 Å². The Kier molecular flexibility index (Phi) is 6.38. The molecule has 2 heterocycles. The zero-order chi connectivity index (χ0) is 20.9. The maximum Gasteiger partial charge on any atom is 0.240 e. The first-order valence-corrected chi connectivity index (χ1v) is 11.2. The normalized spacial score (nSPS) is 15.1. The van der Waals surface area contributed by atoms with Crippen LogP contribution in [0.2, 0.25) is 0 Å². The monoisotopic (exact) mass is 421 g/mol. The summed E-state index contributed by atoms with van der Waals surface area (Å²) in [7, 11) is 3.58. The molecule has 6 nitrogen and oxygen atoms in total. The highest BCUT2D eigenvalue weighted by Gasteiger charge is 2.28. The fourth-order valence-corrected chi connectivity index (χ4v) is 4.87. The van der Waals surface area contributed by atoms with Gasteiger partial charge in [-0.25, -0.2) is 0 Å². The van der Waals surface area contributed by atoms with Gasteiger partial charge in [-0.3, -0.25) is 9.36 Å². The zero-order valence-electron chi connectivity index (χ0n) is 17.4. The maximum atomic E-state index is 13.0. The second kappa shape index (κ2) is 9.34. The van der Waals surface area contributed by atoms with Crippen molar-refractivity contribution in [3.63, 3.8) is 0 Å². The van der Waals surface area contributed by atoms with Gasteiger partial charge in [0, 0.05) is 27.2 Å². The minimum atomic E-state index is -0.387. The fourth-order valence-electron chi connectivity index (χ4n) is 3.67. The van der Waals surface area contributed by atoms with E-state index in [-0.39, 0.29) is 11.2 Å². The Hall–Kier alpha value is -2.80. The lowest BCUT2D eigenvalue weighted by molar-refractivity contribution is -0.128. The molecule has 0 bridgehead atoms. The number of thioether (sulfide) groups is 1. The van der Waals surface area contributed by atoms with Crippen LogP contribution >= 0.6 is 11.8 Å². The molecule has 1 amide bonds. The second-order valence-corrected chi connectivity index (χ2v) is 8.71. The number of aromatic nitrogens is 3. The van der Waals surface area contributed by atoms with E-state index in [4.69, 9.17) is 0 Å². The second-order valence-electron chi connectivity index (χ2n) is 7.64. The molecule has 1 fully saturated rings. The molecule has 0 radical (unpaired) electrons. The third kappa shape index (κ3) is 4.36. The molecule has 156 valence electrons. The smallest absolute Gasteiger partial charge is 0.240 e. The van der Waals surface area contributed by atoms with Gasteiger partial charge in [0.25, 0.3) is 0 Å². The number of carbonyl (C=O) groups excluding carboxylic acids is 1. The number of benzene rings is 2. The van der Waals surface area contributed by atoms with Gasteiger partial charge >= 0.3 is 0 Å². The van der Waals surface area contributed by atoms with Crippen molar-refractivity contribution in [2.75, 3.05) is 32.1 Å². The van der Waals surface area contributed by atoms with Crippen LogP contribution in [0.5, 0.6) is 0 Å². The van der Waals surface area contributed by atoms with E-state index in [1.807, 2.05) is 48.5 Å². The van der Waals surface area contributed by atoms with Crippen molar-refractivity contribution in [1.82, 2.24) is 19.7 Å². The van der Waals surface area contributed by atoms with Crippen molar-refractivity contribution in [3.05, 3.63) is 66.2 Å². The molecular formula is C23H27N5OS. The summed E-state index contributed by atoms with van der Waals surface area (Å²) in [5, 5.41) is 9.44. The molecule has 7 heteroatoms. The summed E-state index contributed by atoms with van der Waals surface area (Å²) < 4.78 is 2.09. The van der Waals surface area contributed by atoms with E-state index in [1.54, 1.807) is 19.0 Å². The van der Waals surface area contributed by atoms with Gasteiger partial charge in [-0.15, -0.1) is 10.2 Å². The van der Waals surface area contributed by atoms with E-state index < -0.39 is 0 Å². The summed E-state index contributed by atoms with van der Waals surface area (Å²) in [6.07, 6.45) is 3.58. The lowest BCUT2D eigenvalue weighted by Gasteiger charge is -2.28. The van der Waals surface area contributed by atoms with E-state index >= 15 is 0 Å². The minimum absolute atomic E-state index is 0.0355. The number of likely N-dealkylation sites (N-methyl/N-ethyl adjacent to an activating group) is 1. The van der Waals surface area contributed by atoms with Crippen LogP contribution in [0.15, 0.2) is 65.8 Å². The van der Waals surface area contributed by atoms with Gasteiger partial charge in [-0.05, 0) is 37.0 Å². The van der Waals surface area contributed by atoms with Crippen LogP contribution in [-0.2, 0) is 4.79 Å². The van der Waals surface area contributed by atoms with Crippen molar-refractivity contribution in [2.24, 2.45) is 0 Å². The standard InChI is InChI=1S/C23H27N5OS/c1-26(2)21(29)20(18-12-6-3-7-13-18)30-23-25-24-22(27-16-10-5-11-17-27)28(23)19-14-8-4-9-15-19/h3-4,6-9,12-15,20H,5,10-11,16-17H2,1-2H3/t20-/m0/s1. The van der Waals surface area contributed by atoms with Crippen LogP contribution in [0, 0.1) is 0 Å². The number of hydrogen-bond donors (Lipinski definition) is 0. The quantitative estimate of drug-likeness (QED) is 0.559. The van der Waals surface area contributed by atoms with Crippen molar-refractivity contribution in [2.45, 2.75) is 29.7 Å². The largest absolute Gasteiger partial charge is 0.348 e. The molecular weight excluding hydrogens is 394 g/mol. The first kappa shape index (κ1) is 20.5. The molecule has 1 saturated heterocycles. The molecule has 3 aromatic rings. The molecule has 0 aliphatic carbocycles. The Labute approximate surface area is 181 Å². The molecule has 0 unspecified atom stereocenters. The summed E-state index contributed by atoms with van der Waals surface area (Å²) in [5.41, 5.74) is 1.97. The first-order valence-electron chi connectivity index (χ1n) is 10.3. The third-order valence-corrected chi connectivity index (χ3v) is 6.44. The van der Waals surface area contributed by atoms with Crippen molar-refractivity contribution in [3.8, 4) is 5.69 Å². The summed E-state index contributed by atoms with van der Waals surface area (Å²) >= 11 is 1.46. The number of amides is 1. The van der Waals surface area contributed by atoms with E-state index in [2.05, 4.69) is 31.8 Å². The van der Waals surface area contributed by atoms with Gasteiger partial charge in [0.2, 0.25) is 11.9 Å². The average molecular weight is 422 g/mol. The topological polar surface area (TPSA) is 54.3 Å². The Morgan fingerprint density at radius 1 is 0.933 bits per heavy atom. The molecule has 1 aromatic heterocycles. The first-order chi connectivity index (χ1) is 14.6. The summed E-state index contributed by atoms with van der Waals surface area (Å²) in [4.78, 5) is 17.0. The number of anilines is 1. The highest BCUT2D eigenvalue weighted by molar-refractivity contribution is 8.00. The lowest BCUT2D eigenvalue weighted by atomic mass is 10.1. The number of nitrogens with zero attached hydrogens (tertiary/aromatic N) is 5. The van der Waals surface area contributed by atoms with Gasteiger partial charge in [-0.1, -0.05) is 60.3 Å². The Balaban J connectivity index is 1.75. The summed E-state index contributed by atoms with van der Waals surface area (Å²) in [5.74, 6) is 0.890. The van der Waals surface area contributed by atoms with E-state index in [0.29, 0.717) is 0 Å². The third-order valence-electron chi connectivity index (χ3n) is 5.26. The van der Waals surface area contributed by atoms with Gasteiger partial charge in [-0.2, -0.15) is 0 Å². The molecule has 1 aliphatic heterocycles. The van der Waals surface area contributed by atoms with Gasteiger partial charge in [0.15, 0.2) is 5.16 Å². The Morgan fingerprint density at radius 3 is 2.20 bits per heavy atom. The van der Waals surface area contributed by atoms with Crippen LogP contribution in [0.3, 0.4) is 0 Å². The predicted octanol–water partition coefficient (Wildman–Crippen LogP) is 4.18. The van der Waals surface area contributed by atoms with E-state index in [9.17, 15) is 4.79 Å². The molecule has 1 atom stereocenters. The van der Waals surface area contributed by atoms with Gasteiger partial charge in [0.1, 0.15) is 5.25 Å². The van der Waals surface area contributed by atoms with Crippen molar-refractivity contribution < 1.29 is 4.79 Å². The number of rotatable bonds is 6. The van der Waals surface area contributed by atoms with Crippen LogP contribution < -0.4 is 4.90 Å². The molecule has 0 N–H and O–H groups in total. The fraction of sp³-hybridized carbons (Fsp3) is 0.348. The summed E-state index contributed by atoms with van der Waals surface area (Å²) in [6, 6.07) is 20.0. The van der Waals surface area contributed by atoms with Crippen LogP contribution in [-0.4, -0.2) is 52.8 Å². The van der Waals surface area contributed by atoms with E-state index in [1.165, 1.54) is 18.2 Å². The zero-order valence-corrected chi connectivity index (χ0v) is 18.3. The van der Waals surface area contributed by atoms with Crippen molar-refractivity contribution in [1.29, 1.82) is 0 Å². The van der Waals surface area contributed by atoms with Crippen LogP contribution in [0.25, 0.3) is 5.69 Å². The van der Waals surface area contributed by atoms with Crippen LogP contribution in [0.1, 0.15) is 30.1 Å². The molecule has 4 rings (SSSR count). The molecule has 0 spiro atoms. The summed E-state index contributed by atoms with van der Waals surface area (Å²) in [6.45, 7) is 1.96. The minimum Gasteiger partial charge on any atom is -0.348 e. The SMILES string of the molecule is CN(C)C(=O)[C@@H](Sc1nnc(N2CCCCC2)n1-c1ccccc1)c1ccccc1. The van der Waals surface area contributed by atoms with Crippen molar-refractivity contribution >= 4 is 23.6 Å². The Bertz CT molecular complexity index is 968. The average Bonchev–Trinajstić information content (AvgIpc) is 3.22. The van der Waals surface area contributed by atoms with Gasteiger partial charge < -0.3 is 9.80 Å². The lowest BCUT2D eigenvalue weighted by Crippen LogP contribution is -2.31. The van der Waals surface area contributed by atoms with Crippen LogP contribution in [0.4, 0.5) is 5.95 Å². The number of para-hydroxylation sites is 1. The highest BCUT2D eigenvalue weighted by atomic mass is 32.2. The number of carbonyl (C=O) groups is 1. The maximum absolute atomic E-state index is 13.0. The number of piperidine rings is 1. The predicted molar refractivity (Wildman–Crippen MR) is 121 cm³/mol. The number of hydrogen-bond acceptors (Lipinski definition) is 5. The molecule has 30 heavy (non-hydrogen) atoms.